The molecule has 90 heavy (non-hydrogen) atoms. The molecule has 0 fully saturated rings. The van der Waals surface area contributed by atoms with Gasteiger partial charge in [0.1, 0.15) is 19.8 Å². The summed E-state index contributed by atoms with van der Waals surface area (Å²) in [7, 11) is 1.48. The third-order valence-corrected chi connectivity index (χ3v) is 17.3. The van der Waals surface area contributed by atoms with E-state index >= 15 is 0 Å². The molecule has 0 radical (unpaired) electrons. The van der Waals surface area contributed by atoms with Crippen LogP contribution in [0.5, 0.6) is 0 Å². The minimum Gasteiger partial charge on any atom is -0.462 e. The van der Waals surface area contributed by atoms with E-state index in [1.54, 1.807) is 0 Å². The molecule has 0 spiro atoms. The monoisotopic (exact) mass is 1280 g/mol. The van der Waals surface area contributed by atoms with Crippen molar-refractivity contribution in [3.05, 3.63) is 109 Å². The lowest BCUT2D eigenvalue weighted by atomic mass is 10.0. The largest absolute Gasteiger partial charge is 0.472 e. The minimum absolute atomic E-state index is 0.0283. The van der Waals surface area contributed by atoms with Gasteiger partial charge in [-0.15, -0.1) is 0 Å². The van der Waals surface area contributed by atoms with Crippen LogP contribution in [0.2, 0.25) is 0 Å². The molecular weight excluding hydrogens is 1130 g/mol. The maximum absolute atomic E-state index is 12.9. The van der Waals surface area contributed by atoms with Gasteiger partial charge in [-0.2, -0.15) is 0 Å². The lowest BCUT2D eigenvalue weighted by Crippen LogP contribution is -2.37. The van der Waals surface area contributed by atoms with E-state index < -0.39 is 26.5 Å². The Hall–Kier alpha value is -3.33. The van der Waals surface area contributed by atoms with Crippen LogP contribution in [0.4, 0.5) is 0 Å². The predicted molar refractivity (Wildman–Crippen MR) is 390 cm³/mol. The van der Waals surface area contributed by atoms with Crippen LogP contribution < -0.4 is 0 Å². The van der Waals surface area contributed by atoms with Gasteiger partial charge in [-0.05, 0) is 103 Å². The molecule has 0 aliphatic heterocycles. The molecule has 2 unspecified atom stereocenters. The Labute approximate surface area is 556 Å². The number of nitrogens with zero attached hydrogens (tertiary/aromatic N) is 1. The van der Waals surface area contributed by atoms with Crippen LogP contribution in [-0.2, 0) is 32.7 Å². The first-order chi connectivity index (χ1) is 44.0. The summed E-state index contributed by atoms with van der Waals surface area (Å²) in [5, 5.41) is 0. The highest BCUT2D eigenvalue weighted by Crippen LogP contribution is 2.43. The Kier molecular flexibility index (Phi) is 67.4. The fourth-order valence-electron chi connectivity index (χ4n) is 10.6. The van der Waals surface area contributed by atoms with Crippen molar-refractivity contribution in [2.75, 3.05) is 47.5 Å². The number of phosphoric ester groups is 1. The lowest BCUT2D eigenvalue weighted by molar-refractivity contribution is -0.870. The Morgan fingerprint density at radius 2 is 0.633 bits per heavy atom. The SMILES string of the molecule is CC/C=C\C/C=C\C/C=C\C/C=C\C/C=C\C/C=C\C/C=C\CCCCCCCCCCCCCC(=O)OC(COC(=O)CCCCCCCCCCCCCCCCCCCCCCC/C=C\C/C=C\CCCCCCC)COP(=O)(O)OCC[N+](C)(C)C. The van der Waals surface area contributed by atoms with Gasteiger partial charge in [0.2, 0.25) is 0 Å². The summed E-state index contributed by atoms with van der Waals surface area (Å²) >= 11 is 0. The molecule has 0 aromatic heterocycles. The van der Waals surface area contributed by atoms with Crippen molar-refractivity contribution in [2.24, 2.45) is 0 Å². The van der Waals surface area contributed by atoms with Crippen LogP contribution in [0.15, 0.2) is 109 Å². The molecule has 0 rings (SSSR count). The van der Waals surface area contributed by atoms with E-state index in [2.05, 4.69) is 123 Å². The van der Waals surface area contributed by atoms with Crippen LogP contribution in [-0.4, -0.2) is 74.9 Å². The summed E-state index contributed by atoms with van der Waals surface area (Å²) < 4.78 is 34.8. The number of phosphoric acid groups is 1. The molecule has 10 heteroatoms. The number of ether oxygens (including phenoxy) is 2. The predicted octanol–water partition coefficient (Wildman–Crippen LogP) is 24.8. The van der Waals surface area contributed by atoms with Crippen LogP contribution >= 0.6 is 7.82 Å². The Morgan fingerprint density at radius 3 is 0.944 bits per heavy atom. The number of carbonyl (C=O) groups is 2. The minimum atomic E-state index is -4.40. The summed E-state index contributed by atoms with van der Waals surface area (Å²) in [6.45, 7) is 4.34. The van der Waals surface area contributed by atoms with Gasteiger partial charge >= 0.3 is 19.8 Å². The van der Waals surface area contributed by atoms with Crippen LogP contribution in [0.25, 0.3) is 0 Å². The van der Waals surface area contributed by atoms with Gasteiger partial charge in [0.05, 0.1) is 27.7 Å². The highest BCUT2D eigenvalue weighted by atomic mass is 31.2. The first kappa shape index (κ1) is 86.7. The molecule has 0 saturated heterocycles. The van der Waals surface area contributed by atoms with Crippen LogP contribution in [0, 0.1) is 0 Å². The van der Waals surface area contributed by atoms with E-state index in [4.69, 9.17) is 18.5 Å². The average molecular weight is 1280 g/mol. The zero-order valence-electron chi connectivity index (χ0n) is 59.4. The zero-order valence-corrected chi connectivity index (χ0v) is 60.2. The Bertz CT molecular complexity index is 1890. The molecule has 0 bridgehead atoms. The first-order valence-corrected chi connectivity index (χ1v) is 39.1. The quantitative estimate of drug-likeness (QED) is 0.0211. The topological polar surface area (TPSA) is 108 Å². The zero-order chi connectivity index (χ0) is 65.5. The van der Waals surface area contributed by atoms with Gasteiger partial charge < -0.3 is 18.9 Å². The molecule has 1 N–H and O–H groups in total. The fourth-order valence-corrected chi connectivity index (χ4v) is 11.3. The molecule has 520 valence electrons. The molecule has 0 aliphatic carbocycles. The molecule has 0 aromatic carbocycles. The fraction of sp³-hybridized carbons (Fsp3) is 0.750. The molecule has 0 saturated carbocycles. The van der Waals surface area contributed by atoms with Crippen molar-refractivity contribution < 1.29 is 42.1 Å². The first-order valence-electron chi connectivity index (χ1n) is 37.6. The van der Waals surface area contributed by atoms with E-state index in [0.717, 1.165) is 96.3 Å². The third kappa shape index (κ3) is 73.7. The van der Waals surface area contributed by atoms with Gasteiger partial charge in [0.15, 0.2) is 6.10 Å². The maximum atomic E-state index is 12.9. The summed E-state index contributed by atoms with van der Waals surface area (Å²) in [4.78, 5) is 35.9. The van der Waals surface area contributed by atoms with Gasteiger partial charge in [-0.1, -0.05) is 329 Å². The molecule has 0 aliphatic rings. The van der Waals surface area contributed by atoms with Gasteiger partial charge in [-0.25, -0.2) is 4.57 Å². The maximum Gasteiger partial charge on any atom is 0.472 e. The van der Waals surface area contributed by atoms with Crippen LogP contribution in [0.3, 0.4) is 0 Å². The number of allylic oxidation sites excluding steroid dienone is 18. The normalized spacial score (nSPS) is 13.7. The number of rotatable bonds is 69. The number of unbranched alkanes of at least 4 members (excludes halogenated alkanes) is 37. The van der Waals surface area contributed by atoms with Crippen molar-refractivity contribution in [1.29, 1.82) is 0 Å². The molecule has 2 atom stereocenters. The number of likely N-dealkylation sites (N-methyl/N-ethyl adjacent to an activating group) is 1. The number of quaternary nitrogens is 1. The molecule has 0 aromatic rings. The number of esters is 2. The van der Waals surface area contributed by atoms with E-state index in [-0.39, 0.29) is 32.0 Å². The van der Waals surface area contributed by atoms with Crippen molar-refractivity contribution in [1.82, 2.24) is 0 Å². The highest BCUT2D eigenvalue weighted by Gasteiger charge is 2.27. The summed E-state index contributed by atoms with van der Waals surface area (Å²) in [5.41, 5.74) is 0. The second kappa shape index (κ2) is 70.0. The van der Waals surface area contributed by atoms with Crippen molar-refractivity contribution in [3.8, 4) is 0 Å². The molecule has 0 amide bonds. The number of hydrogen-bond donors (Lipinski definition) is 1. The molecular formula is C80H143NO8P+. The highest BCUT2D eigenvalue weighted by molar-refractivity contribution is 7.47. The van der Waals surface area contributed by atoms with Crippen LogP contribution in [0.1, 0.15) is 335 Å². The third-order valence-electron chi connectivity index (χ3n) is 16.3. The average Bonchev–Trinajstić information content (AvgIpc) is 3.58. The van der Waals surface area contributed by atoms with Crippen molar-refractivity contribution >= 4 is 19.8 Å². The van der Waals surface area contributed by atoms with Crippen molar-refractivity contribution in [2.45, 2.75) is 341 Å². The number of hydrogen-bond acceptors (Lipinski definition) is 7. The van der Waals surface area contributed by atoms with E-state index in [1.165, 1.54) is 205 Å². The summed E-state index contributed by atoms with van der Waals surface area (Å²) in [6.07, 6.45) is 99.2. The summed E-state index contributed by atoms with van der Waals surface area (Å²) in [5.74, 6) is -0.792. The van der Waals surface area contributed by atoms with Gasteiger partial charge in [0, 0.05) is 12.8 Å². The van der Waals surface area contributed by atoms with Gasteiger partial charge in [0.25, 0.3) is 0 Å². The van der Waals surface area contributed by atoms with E-state index in [1.807, 2.05) is 21.1 Å². The molecule has 0 heterocycles. The standard InChI is InChI=1S/C80H142NO8P/c1-6-8-10-12-14-16-18-20-22-24-26-28-30-32-34-36-38-40-42-44-46-48-50-52-54-56-58-60-62-64-66-68-70-72-79(82)86-76-78(77-88-90(84,85)87-75-74-81(3,4)5)89-80(83)73-71-69-67-65-63-61-59-57-55-53-51-49-47-45-43-41-39-37-35-33-31-29-27-25-23-21-19-17-15-13-11-9-7-2/h9,11,15,17-18,20-21,23-24,26-27,29,33,35,39,41,45,47,78H,6-8,10,12-14,16,19,22,25,28,30-32,34,36-38,40,42-44,46,48-77H2,1-5H3/p+1/b11-9-,17-15-,20-18-,23-21-,26-24-,29-27-,35-33-,41-39-,47-45-. The Balaban J connectivity index is 4.02. The lowest BCUT2D eigenvalue weighted by Gasteiger charge is -2.24. The van der Waals surface area contributed by atoms with E-state index in [9.17, 15) is 19.0 Å². The summed E-state index contributed by atoms with van der Waals surface area (Å²) in [6, 6.07) is 0. The number of carbonyl (C=O) groups excluding carboxylic acids is 2. The van der Waals surface area contributed by atoms with Gasteiger partial charge in [-0.3, -0.25) is 18.6 Å². The van der Waals surface area contributed by atoms with E-state index in [0.29, 0.717) is 17.4 Å². The smallest absolute Gasteiger partial charge is 0.462 e. The van der Waals surface area contributed by atoms with Crippen molar-refractivity contribution in [3.63, 3.8) is 0 Å². The Morgan fingerprint density at radius 1 is 0.356 bits per heavy atom. The second-order valence-electron chi connectivity index (χ2n) is 26.3. The molecule has 9 nitrogen and oxygen atoms in total. The second-order valence-corrected chi connectivity index (χ2v) is 27.8.